The van der Waals surface area contributed by atoms with Crippen LogP contribution in [0.25, 0.3) is 0 Å². The molecular formula is C6H15ClN2O2S. The molecule has 0 unspecified atom stereocenters. The van der Waals surface area contributed by atoms with Crippen molar-refractivity contribution in [3.63, 3.8) is 0 Å². The van der Waals surface area contributed by atoms with Crippen molar-refractivity contribution >= 4 is 22.4 Å². The average molecular weight is 215 g/mol. The van der Waals surface area contributed by atoms with Gasteiger partial charge in [-0.15, -0.1) is 12.4 Å². The SMILES string of the molecule is CS(=O)(=O)N1CCC[C@H]1CN.Cl. The molecule has 1 aliphatic heterocycles. The Morgan fingerprint density at radius 1 is 1.58 bits per heavy atom. The zero-order chi connectivity index (χ0) is 8.48. The van der Waals surface area contributed by atoms with E-state index >= 15 is 0 Å². The first-order valence-electron chi connectivity index (χ1n) is 3.72. The number of hydrogen-bond donors (Lipinski definition) is 1. The van der Waals surface area contributed by atoms with Gasteiger partial charge in [-0.3, -0.25) is 0 Å². The van der Waals surface area contributed by atoms with Gasteiger partial charge in [0.1, 0.15) is 0 Å². The van der Waals surface area contributed by atoms with Gasteiger partial charge >= 0.3 is 0 Å². The molecule has 1 rings (SSSR count). The van der Waals surface area contributed by atoms with Crippen molar-refractivity contribution in [1.29, 1.82) is 0 Å². The second-order valence-electron chi connectivity index (χ2n) is 2.91. The lowest BCUT2D eigenvalue weighted by Crippen LogP contribution is -2.39. The Hall–Kier alpha value is 0.160. The number of hydrogen-bond acceptors (Lipinski definition) is 3. The smallest absolute Gasteiger partial charge is 0.211 e. The summed E-state index contributed by atoms with van der Waals surface area (Å²) in [7, 11) is -3.01. The van der Waals surface area contributed by atoms with Crippen LogP contribution in [0.1, 0.15) is 12.8 Å². The molecule has 12 heavy (non-hydrogen) atoms. The van der Waals surface area contributed by atoms with E-state index in [1.165, 1.54) is 10.6 Å². The van der Waals surface area contributed by atoms with Crippen LogP contribution in [0, 0.1) is 0 Å². The van der Waals surface area contributed by atoms with E-state index in [-0.39, 0.29) is 18.4 Å². The van der Waals surface area contributed by atoms with Crippen molar-refractivity contribution in [3.05, 3.63) is 0 Å². The van der Waals surface area contributed by atoms with Gasteiger partial charge in [-0.25, -0.2) is 8.42 Å². The van der Waals surface area contributed by atoms with Crippen LogP contribution in [0.5, 0.6) is 0 Å². The topological polar surface area (TPSA) is 63.4 Å². The Balaban J connectivity index is 0.00000121. The van der Waals surface area contributed by atoms with E-state index < -0.39 is 10.0 Å². The summed E-state index contributed by atoms with van der Waals surface area (Å²) >= 11 is 0. The van der Waals surface area contributed by atoms with Gasteiger partial charge in [0.05, 0.1) is 6.26 Å². The molecule has 0 saturated carbocycles. The van der Waals surface area contributed by atoms with Crippen molar-refractivity contribution < 1.29 is 8.42 Å². The molecule has 0 bridgehead atoms. The third kappa shape index (κ3) is 2.58. The Labute approximate surface area is 79.6 Å². The molecule has 0 radical (unpaired) electrons. The first-order chi connectivity index (χ1) is 5.05. The Kier molecular flexibility index (Phi) is 4.47. The molecule has 0 spiro atoms. The summed E-state index contributed by atoms with van der Waals surface area (Å²) in [6.07, 6.45) is 3.08. The maximum Gasteiger partial charge on any atom is 0.211 e. The molecule has 1 saturated heterocycles. The van der Waals surface area contributed by atoms with Crippen molar-refractivity contribution in [3.8, 4) is 0 Å². The van der Waals surface area contributed by atoms with Gasteiger partial charge in [-0.2, -0.15) is 4.31 Å². The van der Waals surface area contributed by atoms with Gasteiger partial charge in [-0.05, 0) is 12.8 Å². The quantitative estimate of drug-likeness (QED) is 0.692. The molecule has 2 N–H and O–H groups in total. The molecule has 0 aromatic heterocycles. The Morgan fingerprint density at radius 3 is 2.50 bits per heavy atom. The van der Waals surface area contributed by atoms with E-state index in [2.05, 4.69) is 0 Å². The standard InChI is InChI=1S/C6H14N2O2S.ClH/c1-11(9,10)8-4-2-3-6(8)5-7;/h6H,2-5,7H2,1H3;1H/t6-;/m0./s1. The normalized spacial score (nSPS) is 25.3. The lowest BCUT2D eigenvalue weighted by atomic mass is 10.2. The van der Waals surface area contributed by atoms with Crippen LogP contribution in [0.15, 0.2) is 0 Å². The third-order valence-electron chi connectivity index (χ3n) is 2.02. The lowest BCUT2D eigenvalue weighted by Gasteiger charge is -2.19. The lowest BCUT2D eigenvalue weighted by molar-refractivity contribution is 0.396. The largest absolute Gasteiger partial charge is 0.329 e. The van der Waals surface area contributed by atoms with E-state index in [1.807, 2.05) is 0 Å². The number of sulfonamides is 1. The number of halogens is 1. The Bertz CT molecular complexity index is 230. The number of nitrogens with zero attached hydrogens (tertiary/aromatic N) is 1. The first-order valence-corrected chi connectivity index (χ1v) is 5.57. The highest BCUT2D eigenvalue weighted by Gasteiger charge is 2.29. The number of nitrogens with two attached hydrogens (primary N) is 1. The third-order valence-corrected chi connectivity index (χ3v) is 3.35. The highest BCUT2D eigenvalue weighted by molar-refractivity contribution is 7.88. The zero-order valence-electron chi connectivity index (χ0n) is 7.06. The Morgan fingerprint density at radius 2 is 2.17 bits per heavy atom. The van der Waals surface area contributed by atoms with Crippen molar-refractivity contribution in [2.24, 2.45) is 5.73 Å². The predicted octanol–water partition coefficient (Wildman–Crippen LogP) is -0.209. The van der Waals surface area contributed by atoms with Crippen molar-refractivity contribution in [2.75, 3.05) is 19.3 Å². The molecule has 0 aliphatic carbocycles. The van der Waals surface area contributed by atoms with Gasteiger partial charge in [0.2, 0.25) is 10.0 Å². The van der Waals surface area contributed by atoms with Crippen LogP contribution in [0.2, 0.25) is 0 Å². The molecule has 74 valence electrons. The van der Waals surface area contributed by atoms with Crippen LogP contribution in [-0.4, -0.2) is 38.1 Å². The summed E-state index contributed by atoms with van der Waals surface area (Å²) in [5.41, 5.74) is 5.41. The molecule has 1 fully saturated rings. The van der Waals surface area contributed by atoms with Crippen LogP contribution in [0.4, 0.5) is 0 Å². The highest BCUT2D eigenvalue weighted by Crippen LogP contribution is 2.18. The molecule has 1 heterocycles. The second-order valence-corrected chi connectivity index (χ2v) is 4.84. The van der Waals surface area contributed by atoms with E-state index in [0.29, 0.717) is 13.1 Å². The molecule has 1 aliphatic rings. The summed E-state index contributed by atoms with van der Waals surface area (Å²) in [5, 5.41) is 0. The maximum atomic E-state index is 11.1. The second kappa shape index (κ2) is 4.41. The average Bonchev–Trinajstić information content (AvgIpc) is 2.31. The van der Waals surface area contributed by atoms with Gasteiger partial charge in [-0.1, -0.05) is 0 Å². The molecular weight excluding hydrogens is 200 g/mol. The molecule has 0 amide bonds. The fourth-order valence-electron chi connectivity index (χ4n) is 1.48. The first kappa shape index (κ1) is 12.2. The monoisotopic (exact) mass is 214 g/mol. The minimum absolute atomic E-state index is 0. The van der Waals surface area contributed by atoms with Crippen molar-refractivity contribution in [2.45, 2.75) is 18.9 Å². The molecule has 0 aromatic rings. The van der Waals surface area contributed by atoms with Crippen molar-refractivity contribution in [1.82, 2.24) is 4.31 Å². The van der Waals surface area contributed by atoms with Gasteiger partial charge in [0.15, 0.2) is 0 Å². The fraction of sp³-hybridized carbons (Fsp3) is 1.00. The van der Waals surface area contributed by atoms with Gasteiger partial charge < -0.3 is 5.73 Å². The van der Waals surface area contributed by atoms with Crippen LogP contribution >= 0.6 is 12.4 Å². The van der Waals surface area contributed by atoms with Gasteiger partial charge in [0.25, 0.3) is 0 Å². The van der Waals surface area contributed by atoms with Crippen LogP contribution < -0.4 is 5.73 Å². The predicted molar refractivity (Wildman–Crippen MR) is 50.9 cm³/mol. The maximum absolute atomic E-state index is 11.1. The molecule has 4 nitrogen and oxygen atoms in total. The number of rotatable bonds is 2. The summed E-state index contributed by atoms with van der Waals surface area (Å²) in [6.45, 7) is 1.08. The van der Waals surface area contributed by atoms with E-state index in [9.17, 15) is 8.42 Å². The minimum atomic E-state index is -3.01. The highest BCUT2D eigenvalue weighted by atomic mass is 35.5. The summed E-state index contributed by atoms with van der Waals surface area (Å²) < 4.78 is 23.6. The summed E-state index contributed by atoms with van der Waals surface area (Å²) in [4.78, 5) is 0. The van der Waals surface area contributed by atoms with Crippen LogP contribution in [0.3, 0.4) is 0 Å². The molecule has 6 heteroatoms. The zero-order valence-corrected chi connectivity index (χ0v) is 8.70. The minimum Gasteiger partial charge on any atom is -0.329 e. The van der Waals surface area contributed by atoms with E-state index in [0.717, 1.165) is 12.8 Å². The molecule has 0 aromatic carbocycles. The van der Waals surface area contributed by atoms with E-state index in [1.54, 1.807) is 0 Å². The summed E-state index contributed by atoms with van der Waals surface area (Å²) in [6, 6.07) is 0.0463. The van der Waals surface area contributed by atoms with E-state index in [4.69, 9.17) is 5.73 Å². The van der Waals surface area contributed by atoms with Gasteiger partial charge in [0, 0.05) is 19.1 Å². The summed E-state index contributed by atoms with van der Waals surface area (Å²) in [5.74, 6) is 0. The fourth-order valence-corrected chi connectivity index (χ4v) is 2.68. The van der Waals surface area contributed by atoms with Crippen LogP contribution in [-0.2, 0) is 10.0 Å². The molecule has 1 atom stereocenters.